The minimum atomic E-state index is -0.742. The second-order valence-corrected chi connectivity index (χ2v) is 12.8. The van der Waals surface area contributed by atoms with E-state index < -0.39 is 16.9 Å². The lowest BCUT2D eigenvalue weighted by Crippen LogP contribution is -2.57. The normalized spacial score (nSPS) is 23.5. The van der Waals surface area contributed by atoms with Crippen molar-refractivity contribution >= 4 is 45.5 Å². The van der Waals surface area contributed by atoms with Gasteiger partial charge in [-0.3, -0.25) is 28.9 Å². The zero-order chi connectivity index (χ0) is 30.4. The number of carbonyl (C=O) groups excluding carboxylic acids is 5. The number of likely N-dealkylation sites (tertiary alicyclic amines) is 1. The van der Waals surface area contributed by atoms with Crippen LogP contribution in [0.15, 0.2) is 48.6 Å². The molecule has 0 spiro atoms. The first kappa shape index (κ1) is 31.7. The molecule has 3 unspecified atom stereocenters. The van der Waals surface area contributed by atoms with Crippen LogP contribution in [0.5, 0.6) is 0 Å². The summed E-state index contributed by atoms with van der Waals surface area (Å²) in [5.74, 6) is -0.935. The van der Waals surface area contributed by atoms with Crippen LogP contribution in [0.4, 0.5) is 0 Å². The third-order valence-electron chi connectivity index (χ3n) is 8.53. The Morgan fingerprint density at radius 2 is 1.71 bits per heavy atom. The van der Waals surface area contributed by atoms with Gasteiger partial charge in [0.25, 0.3) is 11.8 Å². The summed E-state index contributed by atoms with van der Waals surface area (Å²) in [7, 11) is 1.57. The molecule has 4 rings (SSSR count). The van der Waals surface area contributed by atoms with E-state index in [4.69, 9.17) is 0 Å². The van der Waals surface area contributed by atoms with Gasteiger partial charge in [-0.1, -0.05) is 72.6 Å². The van der Waals surface area contributed by atoms with Crippen molar-refractivity contribution in [3.05, 3.63) is 59.7 Å². The average Bonchev–Trinajstić information content (AvgIpc) is 3.12. The van der Waals surface area contributed by atoms with E-state index in [1.165, 1.54) is 4.90 Å². The number of carbonyl (C=O) groups is 5. The molecule has 10 heteroatoms. The van der Waals surface area contributed by atoms with Gasteiger partial charge in [0, 0.05) is 20.1 Å². The first-order chi connectivity index (χ1) is 20.1. The van der Waals surface area contributed by atoms with Crippen molar-refractivity contribution in [2.75, 3.05) is 20.1 Å². The van der Waals surface area contributed by atoms with E-state index in [9.17, 15) is 24.0 Å². The maximum absolute atomic E-state index is 13.9. The molecule has 0 radical (unpaired) electrons. The summed E-state index contributed by atoms with van der Waals surface area (Å²) in [5, 5.41) is 5.70. The molecule has 9 nitrogen and oxygen atoms in total. The lowest BCUT2D eigenvalue weighted by atomic mass is 9.81. The van der Waals surface area contributed by atoms with Gasteiger partial charge in [-0.2, -0.15) is 0 Å². The Hall–Kier alpha value is -3.27. The van der Waals surface area contributed by atoms with E-state index in [1.807, 2.05) is 26.0 Å². The Morgan fingerprint density at radius 1 is 1.02 bits per heavy atom. The third-order valence-corrected chi connectivity index (χ3v) is 9.40. The van der Waals surface area contributed by atoms with Crippen LogP contribution >= 0.6 is 15.9 Å². The fourth-order valence-corrected chi connectivity index (χ4v) is 6.71. The highest BCUT2D eigenvalue weighted by molar-refractivity contribution is 9.10. The summed E-state index contributed by atoms with van der Waals surface area (Å²) in [6.07, 6.45) is 12.1. The van der Waals surface area contributed by atoms with E-state index in [2.05, 4.69) is 38.7 Å². The van der Waals surface area contributed by atoms with Gasteiger partial charge in [0.15, 0.2) is 0 Å². The van der Waals surface area contributed by atoms with Crippen LogP contribution in [-0.2, 0) is 14.4 Å². The summed E-state index contributed by atoms with van der Waals surface area (Å²) in [6, 6.07) is 5.44. The van der Waals surface area contributed by atoms with E-state index in [1.54, 1.807) is 36.2 Å². The molecule has 0 saturated carbocycles. The maximum atomic E-state index is 13.9. The van der Waals surface area contributed by atoms with Crippen LogP contribution in [0.1, 0.15) is 73.1 Å². The van der Waals surface area contributed by atoms with Crippen molar-refractivity contribution in [3.63, 3.8) is 0 Å². The molecule has 226 valence electrons. The largest absolute Gasteiger partial charge is 0.357 e. The Kier molecular flexibility index (Phi) is 10.8. The van der Waals surface area contributed by atoms with Gasteiger partial charge < -0.3 is 15.5 Å². The number of imide groups is 1. The summed E-state index contributed by atoms with van der Waals surface area (Å²) in [5.41, 5.74) is 0.855. The molecule has 0 bridgehead atoms. The van der Waals surface area contributed by atoms with Gasteiger partial charge in [-0.05, 0) is 62.0 Å². The van der Waals surface area contributed by atoms with Gasteiger partial charge in [0.1, 0.15) is 12.1 Å². The molecule has 3 aliphatic rings. The second kappa shape index (κ2) is 14.3. The molecule has 42 heavy (non-hydrogen) atoms. The molecule has 2 heterocycles. The summed E-state index contributed by atoms with van der Waals surface area (Å²) in [4.78, 5) is 67.6. The van der Waals surface area contributed by atoms with Crippen molar-refractivity contribution in [1.29, 1.82) is 0 Å². The SMILES string of the molecule is CNC(=O)[C@H](C(C)C)N1CC[C@@H](C2C=CC=CC2)CC(NC(=O)C(Br)CCCCN2C(=O)c3ccccc3C2=O)C1=O. The molecular formula is C32H41BrN4O5. The monoisotopic (exact) mass is 640 g/mol. The second-order valence-electron chi connectivity index (χ2n) is 11.7. The first-order valence-corrected chi connectivity index (χ1v) is 15.8. The Bertz CT molecular complexity index is 1230. The van der Waals surface area contributed by atoms with Crippen LogP contribution < -0.4 is 10.6 Å². The van der Waals surface area contributed by atoms with Crippen LogP contribution in [-0.4, -0.2) is 76.4 Å². The van der Waals surface area contributed by atoms with Gasteiger partial charge >= 0.3 is 0 Å². The average molecular weight is 642 g/mol. The highest BCUT2D eigenvalue weighted by atomic mass is 79.9. The zero-order valence-corrected chi connectivity index (χ0v) is 26.1. The highest BCUT2D eigenvalue weighted by Gasteiger charge is 2.41. The lowest BCUT2D eigenvalue weighted by Gasteiger charge is -2.34. The number of hydrogen-bond donors (Lipinski definition) is 2. The number of benzene rings is 1. The molecule has 1 aliphatic carbocycles. The molecule has 1 fully saturated rings. The van der Waals surface area contributed by atoms with Gasteiger partial charge in [0.2, 0.25) is 17.7 Å². The minimum absolute atomic E-state index is 0.0922. The number of unbranched alkanes of at least 4 members (excludes halogenated alkanes) is 1. The number of allylic oxidation sites excluding steroid dienone is 4. The smallest absolute Gasteiger partial charge is 0.261 e. The van der Waals surface area contributed by atoms with Crippen LogP contribution in [0, 0.1) is 17.8 Å². The number of likely N-dealkylation sites (N-methyl/N-ethyl adjacent to an activating group) is 1. The standard InChI is InChI=1S/C32H41BrN4O5/c1-20(2)27(29(39)34-3)36-18-16-22(21-11-5-4-6-12-21)19-26(32(36)42)35-28(38)25(33)15-9-10-17-37-30(40)23-13-7-8-14-24(23)31(37)41/h4-8,11,13-14,20-22,25-27H,9-10,12,15-19H2,1-3H3,(H,34,39)(H,35,38)/t21?,22-,25?,26?,27+/m1/s1. The van der Waals surface area contributed by atoms with Crippen LogP contribution in [0.25, 0.3) is 0 Å². The van der Waals surface area contributed by atoms with Gasteiger partial charge in [-0.15, -0.1) is 0 Å². The lowest BCUT2D eigenvalue weighted by molar-refractivity contribution is -0.144. The highest BCUT2D eigenvalue weighted by Crippen LogP contribution is 2.32. The fraction of sp³-hybridized carbons (Fsp3) is 0.531. The number of hydrogen-bond acceptors (Lipinski definition) is 5. The van der Waals surface area contributed by atoms with E-state index in [0.29, 0.717) is 43.4 Å². The minimum Gasteiger partial charge on any atom is -0.357 e. The van der Waals surface area contributed by atoms with Crippen LogP contribution in [0.3, 0.4) is 0 Å². The van der Waals surface area contributed by atoms with E-state index >= 15 is 0 Å². The Labute approximate surface area is 256 Å². The molecule has 2 aliphatic heterocycles. The number of alkyl halides is 1. The predicted molar refractivity (Wildman–Crippen MR) is 164 cm³/mol. The molecular weight excluding hydrogens is 600 g/mol. The number of nitrogens with zero attached hydrogens (tertiary/aromatic N) is 2. The molecule has 5 amide bonds. The molecule has 0 aromatic heterocycles. The first-order valence-electron chi connectivity index (χ1n) is 14.9. The van der Waals surface area contributed by atoms with E-state index in [-0.39, 0.29) is 53.8 Å². The van der Waals surface area contributed by atoms with Crippen molar-refractivity contribution in [3.8, 4) is 0 Å². The van der Waals surface area contributed by atoms with Crippen molar-refractivity contribution < 1.29 is 24.0 Å². The topological polar surface area (TPSA) is 116 Å². The zero-order valence-electron chi connectivity index (χ0n) is 24.6. The van der Waals surface area contributed by atoms with Crippen molar-refractivity contribution in [1.82, 2.24) is 20.4 Å². The molecule has 5 atom stereocenters. The third kappa shape index (κ3) is 7.02. The van der Waals surface area contributed by atoms with E-state index in [0.717, 1.165) is 12.8 Å². The number of fused-ring (bicyclic) bond motifs is 1. The fourth-order valence-electron chi connectivity index (χ4n) is 6.25. The van der Waals surface area contributed by atoms with Gasteiger partial charge in [-0.25, -0.2) is 0 Å². The predicted octanol–water partition coefficient (Wildman–Crippen LogP) is 3.84. The van der Waals surface area contributed by atoms with Crippen molar-refractivity contribution in [2.45, 2.75) is 69.3 Å². The number of nitrogens with one attached hydrogen (secondary N) is 2. The molecule has 2 N–H and O–H groups in total. The summed E-state index contributed by atoms with van der Waals surface area (Å²) >= 11 is 3.49. The molecule has 1 aromatic rings. The van der Waals surface area contributed by atoms with Gasteiger partial charge in [0.05, 0.1) is 16.0 Å². The number of halogens is 1. The molecule has 1 saturated heterocycles. The van der Waals surface area contributed by atoms with Crippen molar-refractivity contribution in [2.24, 2.45) is 17.8 Å². The summed E-state index contributed by atoms with van der Waals surface area (Å²) in [6.45, 7) is 4.59. The Morgan fingerprint density at radius 3 is 2.31 bits per heavy atom. The molecule has 1 aromatic carbocycles. The summed E-state index contributed by atoms with van der Waals surface area (Å²) < 4.78 is 0. The quantitative estimate of drug-likeness (QED) is 0.217. The maximum Gasteiger partial charge on any atom is 0.261 e. The number of rotatable bonds is 11. The Balaban J connectivity index is 1.37. The van der Waals surface area contributed by atoms with Crippen LogP contribution in [0.2, 0.25) is 0 Å². The number of amides is 5.